The number of carbonyl (C=O) groups is 1. The number of piperidine rings is 1. The lowest BCUT2D eigenvalue weighted by Crippen LogP contribution is -3.14. The second-order valence-electron chi connectivity index (χ2n) is 6.27. The first-order chi connectivity index (χ1) is 11.6. The lowest BCUT2D eigenvalue weighted by molar-refractivity contribution is -0.908. The summed E-state index contributed by atoms with van der Waals surface area (Å²) in [6.45, 7) is 3.21. The Morgan fingerprint density at radius 2 is 1.92 bits per heavy atom. The molecule has 0 bridgehead atoms. The van der Waals surface area contributed by atoms with Crippen LogP contribution in [0.1, 0.15) is 18.4 Å². The van der Waals surface area contributed by atoms with Gasteiger partial charge in [-0.2, -0.15) is 0 Å². The van der Waals surface area contributed by atoms with Crippen molar-refractivity contribution in [1.82, 2.24) is 0 Å². The fourth-order valence-corrected chi connectivity index (χ4v) is 3.06. The smallest absolute Gasteiger partial charge is 0.309 e. The van der Waals surface area contributed by atoms with Gasteiger partial charge in [0.25, 0.3) is 0 Å². The summed E-state index contributed by atoms with van der Waals surface area (Å²) in [5.41, 5.74) is 1.05. The molecule has 0 aliphatic carbocycles. The van der Waals surface area contributed by atoms with Gasteiger partial charge in [0.15, 0.2) is 0 Å². The molecule has 0 saturated carbocycles. The number of hydrogen-bond acceptors (Lipinski definition) is 5. The van der Waals surface area contributed by atoms with Crippen molar-refractivity contribution in [3.05, 3.63) is 29.8 Å². The molecule has 24 heavy (non-hydrogen) atoms. The van der Waals surface area contributed by atoms with Gasteiger partial charge in [-0.05, 0) is 17.7 Å². The highest BCUT2D eigenvalue weighted by molar-refractivity contribution is 5.72. The third-order valence-electron chi connectivity index (χ3n) is 4.49. The van der Waals surface area contributed by atoms with Crippen molar-refractivity contribution in [3.8, 4) is 5.75 Å². The molecular weight excluding hydrogens is 310 g/mol. The van der Waals surface area contributed by atoms with Gasteiger partial charge in [0.05, 0.1) is 46.4 Å². The molecule has 1 aromatic carbocycles. The van der Waals surface area contributed by atoms with Gasteiger partial charge < -0.3 is 24.2 Å². The maximum Gasteiger partial charge on any atom is 0.309 e. The summed E-state index contributed by atoms with van der Waals surface area (Å²) in [6.07, 6.45) is 1.15. The maximum absolute atomic E-state index is 11.5. The van der Waals surface area contributed by atoms with E-state index in [9.17, 15) is 9.90 Å². The average Bonchev–Trinajstić information content (AvgIpc) is 2.62. The van der Waals surface area contributed by atoms with Crippen LogP contribution in [0.15, 0.2) is 24.3 Å². The lowest BCUT2D eigenvalue weighted by Gasteiger charge is -2.29. The Bertz CT molecular complexity index is 497. The molecule has 6 heteroatoms. The number of ether oxygens (including phenoxy) is 3. The van der Waals surface area contributed by atoms with E-state index in [4.69, 9.17) is 14.2 Å². The monoisotopic (exact) mass is 338 g/mol. The number of esters is 1. The Balaban J connectivity index is 1.63. The number of benzene rings is 1. The summed E-state index contributed by atoms with van der Waals surface area (Å²) in [5.74, 6) is 0.720. The minimum Gasteiger partial charge on any atom is -0.497 e. The van der Waals surface area contributed by atoms with Gasteiger partial charge in [0, 0.05) is 12.8 Å². The summed E-state index contributed by atoms with van der Waals surface area (Å²) in [6, 6.07) is 7.69. The first-order valence-electron chi connectivity index (χ1n) is 8.42. The fourth-order valence-electron chi connectivity index (χ4n) is 3.06. The number of carbonyl (C=O) groups excluding carboxylic acids is 1. The van der Waals surface area contributed by atoms with E-state index in [2.05, 4.69) is 0 Å². The van der Waals surface area contributed by atoms with Crippen LogP contribution in [0, 0.1) is 5.92 Å². The highest BCUT2D eigenvalue weighted by atomic mass is 16.5. The molecular formula is C18H28NO5+. The number of nitrogens with one attached hydrogen (secondary N) is 1. The Morgan fingerprint density at radius 1 is 1.25 bits per heavy atom. The number of rotatable bonds is 8. The minimum absolute atomic E-state index is 0.0159. The van der Waals surface area contributed by atoms with Gasteiger partial charge in [-0.1, -0.05) is 12.1 Å². The second kappa shape index (κ2) is 9.61. The number of aliphatic hydroxyl groups excluding tert-OH is 1. The highest BCUT2D eigenvalue weighted by Gasteiger charge is 2.29. The van der Waals surface area contributed by atoms with Crippen molar-refractivity contribution in [2.75, 3.05) is 40.5 Å². The van der Waals surface area contributed by atoms with E-state index < -0.39 is 6.10 Å². The summed E-state index contributed by atoms with van der Waals surface area (Å²) in [4.78, 5) is 12.8. The second-order valence-corrected chi connectivity index (χ2v) is 6.27. The number of likely N-dealkylation sites (tertiary alicyclic amines) is 1. The molecule has 0 amide bonds. The molecule has 134 valence electrons. The van der Waals surface area contributed by atoms with E-state index in [0.717, 1.165) is 37.2 Å². The molecule has 1 saturated heterocycles. The molecule has 1 fully saturated rings. The number of methoxy groups -OCH3 is 2. The van der Waals surface area contributed by atoms with Gasteiger partial charge >= 0.3 is 5.97 Å². The zero-order valence-electron chi connectivity index (χ0n) is 14.5. The van der Waals surface area contributed by atoms with Crippen LogP contribution in [0.3, 0.4) is 0 Å². The van der Waals surface area contributed by atoms with E-state index in [1.165, 1.54) is 12.0 Å². The predicted octanol–water partition coefficient (Wildman–Crippen LogP) is 0.0406. The Hall–Kier alpha value is -1.63. The maximum atomic E-state index is 11.5. The Labute approximate surface area is 143 Å². The quantitative estimate of drug-likeness (QED) is 0.655. The summed E-state index contributed by atoms with van der Waals surface area (Å²) in [5, 5.41) is 10.1. The van der Waals surface area contributed by atoms with E-state index in [-0.39, 0.29) is 11.9 Å². The van der Waals surface area contributed by atoms with Crippen molar-refractivity contribution in [3.63, 3.8) is 0 Å². The van der Waals surface area contributed by atoms with Gasteiger partial charge in [0.2, 0.25) is 0 Å². The van der Waals surface area contributed by atoms with Crippen LogP contribution in [-0.4, -0.2) is 57.6 Å². The van der Waals surface area contributed by atoms with E-state index in [1.807, 2.05) is 24.3 Å². The Kier molecular flexibility index (Phi) is 7.49. The Morgan fingerprint density at radius 3 is 2.50 bits per heavy atom. The number of aliphatic hydroxyl groups is 1. The fraction of sp³-hybridized carbons (Fsp3) is 0.611. The van der Waals surface area contributed by atoms with E-state index >= 15 is 0 Å². The van der Waals surface area contributed by atoms with Gasteiger partial charge in [-0.25, -0.2) is 0 Å². The van der Waals surface area contributed by atoms with Crippen LogP contribution in [0.5, 0.6) is 5.75 Å². The molecule has 6 nitrogen and oxygen atoms in total. The molecule has 1 aliphatic rings. The lowest BCUT2D eigenvalue weighted by atomic mass is 9.97. The summed E-state index contributed by atoms with van der Waals surface area (Å²) < 4.78 is 15.5. The number of quaternary nitrogens is 1. The first kappa shape index (κ1) is 18.7. The topological polar surface area (TPSA) is 69.4 Å². The third kappa shape index (κ3) is 5.78. The zero-order chi connectivity index (χ0) is 17.4. The van der Waals surface area contributed by atoms with Crippen LogP contribution < -0.4 is 9.64 Å². The molecule has 0 unspecified atom stereocenters. The molecule has 1 aromatic rings. The van der Waals surface area contributed by atoms with Crippen molar-refractivity contribution < 1.29 is 29.0 Å². The van der Waals surface area contributed by atoms with Gasteiger partial charge in [-0.15, -0.1) is 0 Å². The van der Waals surface area contributed by atoms with Crippen molar-refractivity contribution in [2.24, 2.45) is 5.92 Å². The molecule has 0 aromatic heterocycles. The van der Waals surface area contributed by atoms with Crippen LogP contribution in [0.25, 0.3) is 0 Å². The predicted molar refractivity (Wildman–Crippen MR) is 89.0 cm³/mol. The van der Waals surface area contributed by atoms with Gasteiger partial charge in [-0.3, -0.25) is 4.79 Å². The first-order valence-corrected chi connectivity index (χ1v) is 8.42. The molecule has 0 radical (unpaired) electrons. The third-order valence-corrected chi connectivity index (χ3v) is 4.49. The zero-order valence-corrected chi connectivity index (χ0v) is 14.5. The molecule has 2 rings (SSSR count). The molecule has 0 spiro atoms. The molecule has 1 heterocycles. The largest absolute Gasteiger partial charge is 0.497 e. The highest BCUT2D eigenvalue weighted by Crippen LogP contribution is 2.12. The molecule has 2 N–H and O–H groups in total. The van der Waals surface area contributed by atoms with E-state index in [1.54, 1.807) is 7.11 Å². The van der Waals surface area contributed by atoms with Gasteiger partial charge in [0.1, 0.15) is 18.4 Å². The van der Waals surface area contributed by atoms with Crippen molar-refractivity contribution in [1.29, 1.82) is 0 Å². The summed E-state index contributed by atoms with van der Waals surface area (Å²) in [7, 11) is 3.07. The number of hydrogen-bond donors (Lipinski definition) is 2. The van der Waals surface area contributed by atoms with Crippen molar-refractivity contribution in [2.45, 2.75) is 25.6 Å². The van der Waals surface area contributed by atoms with Crippen LogP contribution in [0.4, 0.5) is 0 Å². The molecule has 1 atom stereocenters. The summed E-state index contributed by atoms with van der Waals surface area (Å²) >= 11 is 0. The van der Waals surface area contributed by atoms with E-state index in [0.29, 0.717) is 19.8 Å². The molecule has 1 aliphatic heterocycles. The normalized spacial score (nSPS) is 22.0. The van der Waals surface area contributed by atoms with Crippen molar-refractivity contribution >= 4 is 5.97 Å². The van der Waals surface area contributed by atoms with Crippen LogP contribution in [0.2, 0.25) is 0 Å². The standard InChI is InChI=1S/C18H27NO5/c1-22-17-5-3-14(4-6-17)12-24-13-16(20)11-19-9-7-15(8-10-19)18(21)23-2/h3-6,15-16,20H,7-13H2,1-2H3/p+1/t16-/m1/s1. The SMILES string of the molecule is COC(=O)C1CC[NH+](C[C@@H](O)COCc2ccc(OC)cc2)CC1. The average molecular weight is 338 g/mol. The van der Waals surface area contributed by atoms with Crippen LogP contribution in [-0.2, 0) is 20.9 Å². The minimum atomic E-state index is -0.493. The van der Waals surface area contributed by atoms with Crippen LogP contribution >= 0.6 is 0 Å².